The molecule has 17 heavy (non-hydrogen) atoms. The number of benzene rings is 1. The third-order valence-electron chi connectivity index (χ3n) is 2.54. The minimum atomic E-state index is 0. The van der Waals surface area contributed by atoms with Crippen LogP contribution in [0.4, 0.5) is 5.69 Å². The van der Waals surface area contributed by atoms with Crippen molar-refractivity contribution in [2.24, 2.45) is 0 Å². The molecule has 0 heterocycles. The summed E-state index contributed by atoms with van der Waals surface area (Å²) in [5.41, 5.74) is 1.15. The maximum Gasteiger partial charge on any atom is 0 e. The Morgan fingerprint density at radius 3 is 2.65 bits per heavy atom. The Hall–Kier alpha value is -0.0512. The zero-order valence-corrected chi connectivity index (χ0v) is 13.1. The monoisotopic (exact) mass is 305 g/mol. The van der Waals surface area contributed by atoms with E-state index < -0.39 is 0 Å². The first-order valence-corrected chi connectivity index (χ1v) is 5.43. The zero-order valence-electron chi connectivity index (χ0n) is 10.2. The molecule has 1 unspecified atom stereocenters. The second-order valence-corrected chi connectivity index (χ2v) is 3.69. The van der Waals surface area contributed by atoms with Crippen LogP contribution in [-0.4, -0.2) is 33.2 Å². The predicted molar refractivity (Wildman–Crippen MR) is 68.1 cm³/mol. The normalized spacial score (nSPS) is 11.2. The fourth-order valence-electron chi connectivity index (χ4n) is 1.45. The van der Waals surface area contributed by atoms with Gasteiger partial charge in [-0.05, 0) is 0 Å². The van der Waals surface area contributed by atoms with Gasteiger partial charge in [0.25, 0.3) is 0 Å². The number of para-hydroxylation sites is 1. The number of rotatable bonds is 7. The second kappa shape index (κ2) is 9.93. The number of nitrogens with zero attached hydrogens (tertiary/aromatic N) is 2. The van der Waals surface area contributed by atoms with Crippen LogP contribution in [0.3, 0.4) is 0 Å². The summed E-state index contributed by atoms with van der Waals surface area (Å²) in [5.74, 6) is 0. The fourth-order valence-corrected chi connectivity index (χ4v) is 1.45. The summed E-state index contributed by atoms with van der Waals surface area (Å²) >= 11 is 0. The van der Waals surface area contributed by atoms with Crippen molar-refractivity contribution < 1.29 is 37.4 Å². The molecule has 0 saturated carbocycles. The number of anilines is 1. The molecular formula is C12H17BN2OY-2. The summed E-state index contributed by atoms with van der Waals surface area (Å²) in [5, 5.41) is 4.07. The van der Waals surface area contributed by atoms with Crippen LogP contribution in [0, 0.1) is 6.92 Å². The van der Waals surface area contributed by atoms with E-state index in [1.165, 1.54) is 0 Å². The van der Waals surface area contributed by atoms with Gasteiger partial charge in [-0.25, -0.2) is 0 Å². The first-order valence-electron chi connectivity index (χ1n) is 5.43. The van der Waals surface area contributed by atoms with Crippen LogP contribution in [0.25, 0.3) is 5.32 Å². The Bertz CT molecular complexity index is 311. The molecular weight excluding hydrogens is 288 g/mol. The molecule has 1 radical (unpaired) electrons. The van der Waals surface area contributed by atoms with Crippen LogP contribution in [0.1, 0.15) is 6.42 Å². The van der Waals surface area contributed by atoms with Crippen LogP contribution in [0.5, 0.6) is 0 Å². The van der Waals surface area contributed by atoms with Gasteiger partial charge in [-0.3, -0.25) is 0 Å². The van der Waals surface area contributed by atoms with Gasteiger partial charge in [0.15, 0.2) is 0 Å². The Kier molecular flexibility index (Phi) is 9.90. The smallest absolute Gasteiger partial charge is 0 e. The predicted octanol–water partition coefficient (Wildman–Crippen LogP) is 2.09. The first kappa shape index (κ1) is 16.9. The molecule has 1 aromatic rings. The van der Waals surface area contributed by atoms with E-state index >= 15 is 0 Å². The van der Waals surface area contributed by atoms with Crippen LogP contribution >= 0.6 is 0 Å². The van der Waals surface area contributed by atoms with Gasteiger partial charge >= 0.3 is 97.5 Å². The molecule has 3 nitrogen and oxygen atoms in total. The molecule has 0 fully saturated rings. The topological polar surface area (TPSA) is 34.4 Å². The van der Waals surface area contributed by atoms with E-state index in [0.717, 1.165) is 19.3 Å². The Morgan fingerprint density at radius 2 is 2.06 bits per heavy atom. The van der Waals surface area contributed by atoms with Crippen LogP contribution in [-0.2, 0) is 37.4 Å². The molecule has 0 aliphatic carbocycles. The minimum Gasteiger partial charge on any atom is 0 e. The van der Waals surface area contributed by atoms with Crippen molar-refractivity contribution in [3.63, 3.8) is 0 Å². The third kappa shape index (κ3) is 6.44. The van der Waals surface area contributed by atoms with E-state index in [0.29, 0.717) is 13.0 Å². The molecule has 0 bridgehead atoms. The molecule has 0 N–H and O–H groups in total. The summed E-state index contributed by atoms with van der Waals surface area (Å²) in [7, 11) is 2.84. The van der Waals surface area contributed by atoms with Gasteiger partial charge < -0.3 is 0 Å². The van der Waals surface area contributed by atoms with Crippen molar-refractivity contribution in [3.8, 4) is 0 Å². The Morgan fingerprint density at radius 1 is 1.41 bits per heavy atom. The summed E-state index contributed by atoms with van der Waals surface area (Å²) in [6.45, 7) is 4.77. The molecule has 0 saturated heterocycles. The van der Waals surface area contributed by atoms with E-state index in [1.807, 2.05) is 25.2 Å². The van der Waals surface area contributed by atoms with E-state index in [-0.39, 0.29) is 38.8 Å². The Labute approximate surface area is 129 Å². The molecule has 0 aliphatic heterocycles. The maximum absolute atomic E-state index is 10.1. The molecule has 5 heteroatoms. The van der Waals surface area contributed by atoms with E-state index in [1.54, 1.807) is 0 Å². The van der Waals surface area contributed by atoms with E-state index in [9.17, 15) is 4.70 Å². The summed E-state index contributed by atoms with van der Waals surface area (Å²) < 4.78 is 10.1. The van der Waals surface area contributed by atoms with Gasteiger partial charge in [-0.15, -0.1) is 0 Å². The van der Waals surface area contributed by atoms with Crippen molar-refractivity contribution in [2.45, 2.75) is 12.5 Å². The third-order valence-corrected chi connectivity index (χ3v) is 2.54. The molecule has 1 aromatic carbocycles. The zero-order chi connectivity index (χ0) is 11.8. The molecule has 89 valence electrons. The average Bonchev–Trinajstić information content (AvgIpc) is 2.34. The van der Waals surface area contributed by atoms with Gasteiger partial charge in [-0.2, -0.15) is 0 Å². The van der Waals surface area contributed by atoms with Crippen molar-refractivity contribution in [3.05, 3.63) is 42.6 Å². The molecule has 0 aliphatic rings. The van der Waals surface area contributed by atoms with Crippen molar-refractivity contribution in [2.75, 3.05) is 24.9 Å². The van der Waals surface area contributed by atoms with E-state index in [2.05, 4.69) is 29.3 Å². The number of hydrogen-bond acceptors (Lipinski definition) is 2. The van der Waals surface area contributed by atoms with Crippen molar-refractivity contribution in [1.82, 2.24) is 0 Å². The van der Waals surface area contributed by atoms with Gasteiger partial charge in [0.05, 0.1) is 0 Å². The summed E-state index contributed by atoms with van der Waals surface area (Å²) in [4.78, 5) is 2.12. The summed E-state index contributed by atoms with van der Waals surface area (Å²) in [6, 6.07) is 10.3. The van der Waals surface area contributed by atoms with Gasteiger partial charge in [0.1, 0.15) is 0 Å². The van der Waals surface area contributed by atoms with E-state index in [4.69, 9.17) is 0 Å². The first-order chi connectivity index (χ1) is 7.75. The van der Waals surface area contributed by atoms with Gasteiger partial charge in [-0.1, -0.05) is 0 Å². The molecule has 1 atom stereocenters. The largest absolute Gasteiger partial charge is 0 e. The van der Waals surface area contributed by atoms with Crippen molar-refractivity contribution >= 4 is 12.8 Å². The fraction of sp³-hybridized carbons (Fsp3) is 0.417. The number of hydrogen-bond donors (Lipinski definition) is 0. The van der Waals surface area contributed by atoms with Gasteiger partial charge in [0.2, 0.25) is 0 Å². The summed E-state index contributed by atoms with van der Waals surface area (Å²) in [6.07, 6.45) is 1.15. The van der Waals surface area contributed by atoms with Gasteiger partial charge in [0, 0.05) is 32.7 Å². The maximum atomic E-state index is 10.1. The van der Waals surface area contributed by atoms with Crippen LogP contribution in [0.2, 0.25) is 0 Å². The standard InChI is InChI=1S/C12H17BN2O.Y/c1-11(8-9-14-10-13-16)15(2)12-6-4-3-5-7-12;/h3-7,11H,1,8-10H2,2H3;/q-2;. The second-order valence-electron chi connectivity index (χ2n) is 3.69. The molecule has 1 rings (SSSR count). The van der Waals surface area contributed by atoms with Crippen LogP contribution < -0.4 is 4.90 Å². The van der Waals surface area contributed by atoms with Crippen molar-refractivity contribution in [1.29, 1.82) is 0 Å². The average molecular weight is 305 g/mol. The molecule has 0 aromatic heterocycles. The Balaban J connectivity index is 0.00000256. The molecule has 0 spiro atoms. The minimum absolute atomic E-state index is 0. The van der Waals surface area contributed by atoms with Crippen LogP contribution in [0.15, 0.2) is 30.3 Å². The quantitative estimate of drug-likeness (QED) is 0.439. The molecule has 0 amide bonds. The SMILES string of the molecule is [CH2-]C(CC[N-]CB=O)N(C)c1ccccc1.[Y].